The third-order valence-corrected chi connectivity index (χ3v) is 3.66. The summed E-state index contributed by atoms with van der Waals surface area (Å²) in [6.45, 7) is -0.227. The number of hydrogen-bond acceptors (Lipinski definition) is 4. The van der Waals surface area contributed by atoms with Crippen LogP contribution in [0.15, 0.2) is 24.4 Å². The van der Waals surface area contributed by atoms with Gasteiger partial charge >= 0.3 is 0 Å². The number of nitrogens with zero attached hydrogens (tertiary/aromatic N) is 1. The van der Waals surface area contributed by atoms with E-state index in [4.69, 9.17) is 28.3 Å². The second-order valence-electron chi connectivity index (χ2n) is 3.54. The van der Waals surface area contributed by atoms with E-state index in [1.54, 1.807) is 18.2 Å². The van der Waals surface area contributed by atoms with Crippen molar-refractivity contribution in [2.75, 3.05) is 11.9 Å². The van der Waals surface area contributed by atoms with Gasteiger partial charge in [0.15, 0.2) is 5.13 Å². The molecule has 2 rings (SSSR count). The van der Waals surface area contributed by atoms with Crippen molar-refractivity contribution in [1.29, 1.82) is 0 Å². The number of aliphatic hydroxyl groups is 1. The highest BCUT2D eigenvalue weighted by Gasteiger charge is 2.15. The molecule has 0 bridgehead atoms. The number of amides is 1. The minimum absolute atomic E-state index is 0.203. The summed E-state index contributed by atoms with van der Waals surface area (Å²) in [6.07, 6.45) is 1.51. The van der Waals surface area contributed by atoms with Crippen LogP contribution in [-0.2, 0) is 0 Å². The maximum atomic E-state index is 12.1. The Morgan fingerprint density at radius 2 is 2.10 bits per heavy atom. The first-order valence-corrected chi connectivity index (χ1v) is 7.00. The van der Waals surface area contributed by atoms with E-state index in [0.717, 1.165) is 0 Å². The number of aliphatic hydroxyl groups excluding tert-OH is 1. The first kappa shape index (κ1) is 14.8. The molecule has 0 fully saturated rings. The van der Waals surface area contributed by atoms with Gasteiger partial charge in [-0.15, -0.1) is 0 Å². The molecule has 0 saturated heterocycles. The van der Waals surface area contributed by atoms with Crippen molar-refractivity contribution in [3.8, 4) is 11.8 Å². The SMILES string of the molecule is O=C(Nc1ncc(C#CCO)s1)c1c(Cl)cccc1Cl. The van der Waals surface area contributed by atoms with Gasteiger partial charge in [-0.2, -0.15) is 0 Å². The van der Waals surface area contributed by atoms with Crippen LogP contribution >= 0.6 is 34.5 Å². The molecule has 1 heterocycles. The summed E-state index contributed by atoms with van der Waals surface area (Å²) < 4.78 is 0. The Hall–Kier alpha value is -1.58. The molecule has 1 aromatic carbocycles. The molecule has 1 amide bonds. The maximum Gasteiger partial charge on any atom is 0.260 e. The van der Waals surface area contributed by atoms with Gasteiger partial charge in [0, 0.05) is 0 Å². The summed E-state index contributed by atoms with van der Waals surface area (Å²) in [4.78, 5) is 16.7. The van der Waals surface area contributed by atoms with E-state index in [1.165, 1.54) is 17.5 Å². The highest BCUT2D eigenvalue weighted by atomic mass is 35.5. The topological polar surface area (TPSA) is 62.2 Å². The van der Waals surface area contributed by atoms with Gasteiger partial charge in [0.1, 0.15) is 6.61 Å². The molecular formula is C13H8Cl2N2O2S. The Balaban J connectivity index is 2.18. The number of rotatable bonds is 2. The molecule has 0 atom stereocenters. The van der Waals surface area contributed by atoms with Gasteiger partial charge in [-0.3, -0.25) is 10.1 Å². The van der Waals surface area contributed by atoms with E-state index in [0.29, 0.717) is 10.0 Å². The highest BCUT2D eigenvalue weighted by molar-refractivity contribution is 7.16. The average Bonchev–Trinajstić information content (AvgIpc) is 2.83. The van der Waals surface area contributed by atoms with Gasteiger partial charge in [-0.25, -0.2) is 4.98 Å². The summed E-state index contributed by atoms with van der Waals surface area (Å²) >= 11 is 13.1. The van der Waals surface area contributed by atoms with Crippen LogP contribution in [0.4, 0.5) is 5.13 Å². The van der Waals surface area contributed by atoms with Gasteiger partial charge in [0.05, 0.1) is 26.7 Å². The molecule has 1 aromatic heterocycles. The molecule has 4 nitrogen and oxygen atoms in total. The van der Waals surface area contributed by atoms with Gasteiger partial charge in [0.2, 0.25) is 0 Å². The zero-order chi connectivity index (χ0) is 14.5. The number of nitrogens with one attached hydrogen (secondary N) is 1. The molecule has 0 saturated carbocycles. The number of hydrogen-bond donors (Lipinski definition) is 2. The van der Waals surface area contributed by atoms with Crippen molar-refractivity contribution < 1.29 is 9.90 Å². The van der Waals surface area contributed by atoms with Crippen LogP contribution in [0, 0.1) is 11.8 Å². The molecule has 0 aliphatic rings. The number of halogens is 2. The van der Waals surface area contributed by atoms with Crippen LogP contribution < -0.4 is 5.32 Å². The summed E-state index contributed by atoms with van der Waals surface area (Å²) in [5.41, 5.74) is 0.203. The summed E-state index contributed by atoms with van der Waals surface area (Å²) in [7, 11) is 0. The fraction of sp³-hybridized carbons (Fsp3) is 0.0769. The minimum Gasteiger partial charge on any atom is -0.384 e. The zero-order valence-corrected chi connectivity index (χ0v) is 12.3. The molecule has 7 heteroatoms. The Kier molecular flexibility index (Phi) is 4.99. The fourth-order valence-corrected chi connectivity index (χ4v) is 2.65. The minimum atomic E-state index is -0.434. The lowest BCUT2D eigenvalue weighted by atomic mass is 10.2. The summed E-state index contributed by atoms with van der Waals surface area (Å²) in [5, 5.41) is 12.1. The summed E-state index contributed by atoms with van der Waals surface area (Å²) in [5.74, 6) is 4.77. The van der Waals surface area contributed by atoms with E-state index in [9.17, 15) is 4.79 Å². The van der Waals surface area contributed by atoms with Crippen LogP contribution in [0.3, 0.4) is 0 Å². The second kappa shape index (κ2) is 6.73. The van der Waals surface area contributed by atoms with E-state index < -0.39 is 5.91 Å². The lowest BCUT2D eigenvalue weighted by Gasteiger charge is -2.05. The quantitative estimate of drug-likeness (QED) is 0.834. The number of carbonyl (C=O) groups excluding carboxylic acids is 1. The molecule has 2 aromatic rings. The number of carbonyl (C=O) groups is 1. The lowest BCUT2D eigenvalue weighted by molar-refractivity contribution is 0.102. The summed E-state index contributed by atoms with van der Waals surface area (Å²) in [6, 6.07) is 4.83. The smallest absolute Gasteiger partial charge is 0.260 e. The molecule has 102 valence electrons. The van der Waals surface area contributed by atoms with E-state index >= 15 is 0 Å². The Morgan fingerprint density at radius 3 is 2.75 bits per heavy atom. The molecule has 2 N–H and O–H groups in total. The first-order valence-electron chi connectivity index (χ1n) is 5.42. The van der Waals surface area contributed by atoms with E-state index in [1.807, 2.05) is 0 Å². The number of thiazole rings is 1. The number of anilines is 1. The molecule has 0 unspecified atom stereocenters. The van der Waals surface area contributed by atoms with Crippen LogP contribution in [-0.4, -0.2) is 22.6 Å². The predicted octanol–water partition coefficient (Wildman–Crippen LogP) is 3.05. The Morgan fingerprint density at radius 1 is 1.40 bits per heavy atom. The van der Waals surface area contributed by atoms with Gasteiger partial charge in [0.25, 0.3) is 5.91 Å². The number of aromatic nitrogens is 1. The normalized spacial score (nSPS) is 9.75. The molecule has 0 radical (unpaired) electrons. The molecular weight excluding hydrogens is 319 g/mol. The highest BCUT2D eigenvalue weighted by Crippen LogP contribution is 2.26. The monoisotopic (exact) mass is 326 g/mol. The van der Waals surface area contributed by atoms with Gasteiger partial charge in [-0.05, 0) is 12.1 Å². The average molecular weight is 327 g/mol. The third kappa shape index (κ3) is 3.50. The van der Waals surface area contributed by atoms with Crippen molar-refractivity contribution in [3.63, 3.8) is 0 Å². The van der Waals surface area contributed by atoms with Crippen molar-refractivity contribution in [1.82, 2.24) is 4.98 Å². The number of benzene rings is 1. The van der Waals surface area contributed by atoms with Crippen LogP contribution in [0.1, 0.15) is 15.2 Å². The van der Waals surface area contributed by atoms with Crippen LogP contribution in [0.2, 0.25) is 10.0 Å². The van der Waals surface area contributed by atoms with Crippen LogP contribution in [0.5, 0.6) is 0 Å². The first-order chi connectivity index (χ1) is 9.61. The molecule has 0 aliphatic carbocycles. The van der Waals surface area contributed by atoms with E-state index in [2.05, 4.69) is 22.1 Å². The fourth-order valence-electron chi connectivity index (χ4n) is 1.39. The molecule has 20 heavy (non-hydrogen) atoms. The second-order valence-corrected chi connectivity index (χ2v) is 5.39. The maximum absolute atomic E-state index is 12.1. The Bertz CT molecular complexity index is 684. The largest absolute Gasteiger partial charge is 0.384 e. The van der Waals surface area contributed by atoms with E-state index in [-0.39, 0.29) is 22.2 Å². The van der Waals surface area contributed by atoms with Crippen LogP contribution in [0.25, 0.3) is 0 Å². The van der Waals surface area contributed by atoms with Crippen molar-refractivity contribution in [2.45, 2.75) is 0 Å². The molecule has 0 spiro atoms. The van der Waals surface area contributed by atoms with Gasteiger partial charge < -0.3 is 5.11 Å². The van der Waals surface area contributed by atoms with Crippen molar-refractivity contribution >= 4 is 45.6 Å². The van der Waals surface area contributed by atoms with Crippen molar-refractivity contribution in [2.24, 2.45) is 0 Å². The zero-order valence-electron chi connectivity index (χ0n) is 9.98. The van der Waals surface area contributed by atoms with Gasteiger partial charge in [-0.1, -0.05) is 52.4 Å². The third-order valence-electron chi connectivity index (χ3n) is 2.21. The lowest BCUT2D eigenvalue weighted by Crippen LogP contribution is -2.12. The predicted molar refractivity (Wildman–Crippen MR) is 80.5 cm³/mol. The molecule has 0 aliphatic heterocycles. The Labute approximate surface area is 129 Å². The standard InChI is InChI=1S/C13H8Cl2N2O2S/c14-9-4-1-5-10(15)11(9)12(19)17-13-16-7-8(20-13)3-2-6-18/h1,4-5,7,18H,6H2,(H,16,17,19). The van der Waals surface area contributed by atoms with Crippen molar-refractivity contribution in [3.05, 3.63) is 44.9 Å².